The molecule has 0 aliphatic carbocycles. The van der Waals surface area contributed by atoms with Gasteiger partial charge in [0.2, 0.25) is 5.75 Å². The highest BCUT2D eigenvalue weighted by atomic mass is 16.5. The molecule has 0 saturated heterocycles. The van der Waals surface area contributed by atoms with E-state index >= 15 is 0 Å². The summed E-state index contributed by atoms with van der Waals surface area (Å²) in [5.41, 5.74) is 4.69. The van der Waals surface area contributed by atoms with Gasteiger partial charge in [-0.2, -0.15) is 10.2 Å². The van der Waals surface area contributed by atoms with Gasteiger partial charge < -0.3 is 23.7 Å². The predicted octanol–water partition coefficient (Wildman–Crippen LogP) is 2.88. The first-order valence-corrected chi connectivity index (χ1v) is 9.45. The monoisotopic (exact) mass is 440 g/mol. The quantitative estimate of drug-likeness (QED) is 0.388. The summed E-state index contributed by atoms with van der Waals surface area (Å²) in [6, 6.07) is 10.4. The second kappa shape index (κ2) is 10.2. The van der Waals surface area contributed by atoms with Crippen LogP contribution in [0.1, 0.15) is 16.1 Å². The average molecular weight is 440 g/mol. The van der Waals surface area contributed by atoms with E-state index < -0.39 is 5.91 Å². The van der Waals surface area contributed by atoms with Crippen LogP contribution in [0.4, 0.5) is 0 Å². The molecule has 0 aliphatic heterocycles. The van der Waals surface area contributed by atoms with Gasteiger partial charge in [0.25, 0.3) is 5.91 Å². The number of carbonyl (C=O) groups excluding carboxylic acids is 1. The molecular formula is C22H24N4O6. The lowest BCUT2D eigenvalue weighted by molar-refractivity contribution is 0.0950. The molecule has 1 amide bonds. The molecule has 0 aliphatic rings. The molecule has 2 N–H and O–H groups in total. The molecule has 0 saturated carbocycles. The fraction of sp³-hybridized carbons (Fsp3) is 0.227. The highest BCUT2D eigenvalue weighted by Gasteiger charge is 2.14. The summed E-state index contributed by atoms with van der Waals surface area (Å²) in [5.74, 6) is 2.14. The lowest BCUT2D eigenvalue weighted by Gasteiger charge is -2.12. The number of hydrogen-bond acceptors (Lipinski definition) is 8. The normalized spacial score (nSPS) is 10.7. The van der Waals surface area contributed by atoms with Crippen LogP contribution in [0, 0.1) is 0 Å². The van der Waals surface area contributed by atoms with E-state index in [1.54, 1.807) is 44.6 Å². The smallest absolute Gasteiger partial charge is 0.289 e. The molecule has 3 rings (SSSR count). The minimum atomic E-state index is -0.451. The van der Waals surface area contributed by atoms with Gasteiger partial charge in [-0.3, -0.25) is 9.89 Å². The number of hydrazone groups is 1. The third-order valence-corrected chi connectivity index (χ3v) is 4.57. The lowest BCUT2D eigenvalue weighted by Crippen LogP contribution is -2.18. The van der Waals surface area contributed by atoms with Gasteiger partial charge in [0.1, 0.15) is 5.69 Å². The highest BCUT2D eigenvalue weighted by Crippen LogP contribution is 2.37. The van der Waals surface area contributed by atoms with Gasteiger partial charge in [0.05, 0.1) is 47.5 Å². The Morgan fingerprint density at radius 2 is 1.53 bits per heavy atom. The number of hydrogen-bond donors (Lipinski definition) is 2. The van der Waals surface area contributed by atoms with E-state index in [0.29, 0.717) is 40.0 Å². The Hall–Kier alpha value is -4.21. The van der Waals surface area contributed by atoms with Crippen LogP contribution in [-0.2, 0) is 0 Å². The van der Waals surface area contributed by atoms with Crippen molar-refractivity contribution in [2.45, 2.75) is 0 Å². The number of rotatable bonds is 9. The Bertz CT molecular complexity index is 1100. The zero-order valence-corrected chi connectivity index (χ0v) is 18.4. The van der Waals surface area contributed by atoms with Gasteiger partial charge in [-0.05, 0) is 36.4 Å². The van der Waals surface area contributed by atoms with Gasteiger partial charge in [-0.1, -0.05) is 0 Å². The van der Waals surface area contributed by atoms with Crippen molar-refractivity contribution < 1.29 is 28.5 Å². The summed E-state index contributed by atoms with van der Waals surface area (Å²) in [4.78, 5) is 12.4. The number of amides is 1. The van der Waals surface area contributed by atoms with E-state index in [1.165, 1.54) is 27.5 Å². The third-order valence-electron chi connectivity index (χ3n) is 4.57. The Balaban J connectivity index is 1.73. The number of carbonyl (C=O) groups is 1. The van der Waals surface area contributed by atoms with Crippen LogP contribution in [0.2, 0.25) is 0 Å². The van der Waals surface area contributed by atoms with Crippen molar-refractivity contribution in [2.75, 3.05) is 35.5 Å². The Morgan fingerprint density at radius 1 is 0.875 bits per heavy atom. The molecule has 1 heterocycles. The zero-order valence-electron chi connectivity index (χ0n) is 18.4. The first kappa shape index (κ1) is 22.5. The van der Waals surface area contributed by atoms with Gasteiger partial charge >= 0.3 is 0 Å². The SMILES string of the molecule is COc1ccc(-c2cc(C(=O)NN=Cc3cc(OC)c(OC)c(OC)c3)[nH]n2)cc1OC. The molecule has 0 radical (unpaired) electrons. The topological polar surface area (TPSA) is 116 Å². The number of ether oxygens (including phenoxy) is 5. The van der Waals surface area contributed by atoms with E-state index in [1.807, 2.05) is 6.07 Å². The number of aromatic amines is 1. The first-order valence-electron chi connectivity index (χ1n) is 9.45. The van der Waals surface area contributed by atoms with E-state index in [-0.39, 0.29) is 5.69 Å². The molecule has 0 atom stereocenters. The number of aromatic nitrogens is 2. The average Bonchev–Trinajstić information content (AvgIpc) is 3.33. The minimum Gasteiger partial charge on any atom is -0.493 e. The Morgan fingerprint density at radius 3 is 2.12 bits per heavy atom. The molecule has 3 aromatic rings. The standard InChI is InChI=1S/C22H24N4O6/c1-28-17-7-6-14(10-18(17)29-2)15-11-16(25-24-15)22(27)26-23-12-13-8-19(30-3)21(32-5)20(9-13)31-4/h6-12H,1-5H3,(H,24,25)(H,26,27). The summed E-state index contributed by atoms with van der Waals surface area (Å²) in [6.07, 6.45) is 1.47. The van der Waals surface area contributed by atoms with Crippen molar-refractivity contribution in [3.8, 4) is 40.0 Å². The maximum absolute atomic E-state index is 12.4. The fourth-order valence-electron chi connectivity index (χ4n) is 2.98. The molecule has 0 bridgehead atoms. The van der Waals surface area contributed by atoms with Crippen molar-refractivity contribution in [3.63, 3.8) is 0 Å². The summed E-state index contributed by atoms with van der Waals surface area (Å²) in [7, 11) is 7.68. The molecule has 168 valence electrons. The van der Waals surface area contributed by atoms with Crippen molar-refractivity contribution in [2.24, 2.45) is 5.10 Å². The number of H-pyrrole nitrogens is 1. The van der Waals surface area contributed by atoms with Crippen LogP contribution in [0.25, 0.3) is 11.3 Å². The number of nitrogens with zero attached hydrogens (tertiary/aromatic N) is 2. The molecular weight excluding hydrogens is 416 g/mol. The predicted molar refractivity (Wildman–Crippen MR) is 118 cm³/mol. The van der Waals surface area contributed by atoms with Crippen LogP contribution in [0.15, 0.2) is 41.5 Å². The third kappa shape index (κ3) is 4.75. The molecule has 1 aromatic heterocycles. The van der Waals surface area contributed by atoms with Crippen molar-refractivity contribution in [1.82, 2.24) is 15.6 Å². The number of benzene rings is 2. The molecule has 10 heteroatoms. The van der Waals surface area contributed by atoms with Gasteiger partial charge in [0.15, 0.2) is 23.0 Å². The van der Waals surface area contributed by atoms with E-state index in [9.17, 15) is 4.79 Å². The van der Waals surface area contributed by atoms with Crippen LogP contribution < -0.4 is 29.1 Å². The molecule has 0 unspecified atom stereocenters. The summed E-state index contributed by atoms with van der Waals surface area (Å²) >= 11 is 0. The maximum Gasteiger partial charge on any atom is 0.289 e. The largest absolute Gasteiger partial charge is 0.493 e. The van der Waals surface area contributed by atoms with Crippen molar-refractivity contribution in [1.29, 1.82) is 0 Å². The Kier molecular flexibility index (Phi) is 7.17. The van der Waals surface area contributed by atoms with E-state index in [2.05, 4.69) is 20.7 Å². The Labute approximate surface area is 185 Å². The van der Waals surface area contributed by atoms with Crippen molar-refractivity contribution >= 4 is 12.1 Å². The van der Waals surface area contributed by atoms with E-state index in [4.69, 9.17) is 23.7 Å². The molecule has 10 nitrogen and oxygen atoms in total. The second-order valence-corrected chi connectivity index (χ2v) is 6.39. The minimum absolute atomic E-state index is 0.247. The lowest BCUT2D eigenvalue weighted by atomic mass is 10.1. The molecule has 0 fully saturated rings. The van der Waals surface area contributed by atoms with Gasteiger partial charge in [-0.15, -0.1) is 0 Å². The van der Waals surface area contributed by atoms with E-state index in [0.717, 1.165) is 5.56 Å². The summed E-state index contributed by atoms with van der Waals surface area (Å²) in [5, 5.41) is 10.9. The van der Waals surface area contributed by atoms with Crippen LogP contribution >= 0.6 is 0 Å². The number of nitrogens with one attached hydrogen (secondary N) is 2. The fourth-order valence-corrected chi connectivity index (χ4v) is 2.98. The summed E-state index contributed by atoms with van der Waals surface area (Å²) < 4.78 is 26.5. The van der Waals surface area contributed by atoms with Crippen LogP contribution in [-0.4, -0.2) is 57.9 Å². The van der Waals surface area contributed by atoms with Crippen LogP contribution in [0.3, 0.4) is 0 Å². The summed E-state index contributed by atoms with van der Waals surface area (Å²) in [6.45, 7) is 0. The maximum atomic E-state index is 12.4. The van der Waals surface area contributed by atoms with Crippen LogP contribution in [0.5, 0.6) is 28.7 Å². The van der Waals surface area contributed by atoms with Gasteiger partial charge in [-0.25, -0.2) is 5.43 Å². The molecule has 2 aromatic carbocycles. The zero-order chi connectivity index (χ0) is 23.1. The molecule has 0 spiro atoms. The first-order chi connectivity index (χ1) is 15.5. The second-order valence-electron chi connectivity index (χ2n) is 6.39. The highest BCUT2D eigenvalue weighted by molar-refractivity contribution is 5.94. The van der Waals surface area contributed by atoms with Gasteiger partial charge in [0, 0.05) is 11.1 Å². The molecule has 32 heavy (non-hydrogen) atoms. The number of methoxy groups -OCH3 is 5. The van der Waals surface area contributed by atoms with Crippen molar-refractivity contribution in [3.05, 3.63) is 47.7 Å².